The highest BCUT2D eigenvalue weighted by Gasteiger charge is 2.09. The number of rotatable bonds is 3. The zero-order chi connectivity index (χ0) is 12.4. The Morgan fingerprint density at radius 3 is 2.47 bits per heavy atom. The molecule has 0 unspecified atom stereocenters. The maximum absolute atomic E-state index is 4.52. The topological polar surface area (TPSA) is 41.6 Å². The van der Waals surface area contributed by atoms with Crippen LogP contribution in [0, 0.1) is 19.8 Å². The maximum Gasteiger partial charge on any atom is 0.0672 e. The average molecular weight is 229 g/mol. The summed E-state index contributed by atoms with van der Waals surface area (Å²) in [5, 5.41) is 7.22. The van der Waals surface area contributed by atoms with Gasteiger partial charge >= 0.3 is 0 Å². The zero-order valence-electron chi connectivity index (χ0n) is 10.9. The molecule has 0 saturated carbocycles. The normalized spacial score (nSPS) is 11.1. The third kappa shape index (κ3) is 2.54. The number of hydrogen-bond donors (Lipinski definition) is 1. The molecule has 3 nitrogen and oxygen atoms in total. The van der Waals surface area contributed by atoms with E-state index >= 15 is 0 Å². The van der Waals surface area contributed by atoms with Gasteiger partial charge in [-0.2, -0.15) is 5.10 Å². The molecule has 2 rings (SSSR count). The highest BCUT2D eigenvalue weighted by Crippen LogP contribution is 2.24. The molecular formula is C14H19N3. The fourth-order valence-electron chi connectivity index (χ4n) is 2.09. The van der Waals surface area contributed by atoms with Crippen LogP contribution in [-0.4, -0.2) is 15.2 Å². The lowest BCUT2D eigenvalue weighted by molar-refractivity contribution is 0.635. The molecule has 0 spiro atoms. The number of aromatic amines is 1. The summed E-state index contributed by atoms with van der Waals surface area (Å²) in [6, 6.07) is 4.25. The Kier molecular flexibility index (Phi) is 3.27. The molecule has 1 N–H and O–H groups in total. The van der Waals surface area contributed by atoms with Crippen LogP contribution in [0.25, 0.3) is 11.1 Å². The van der Waals surface area contributed by atoms with Gasteiger partial charge in [0.25, 0.3) is 0 Å². The first-order valence-electron chi connectivity index (χ1n) is 6.04. The predicted molar refractivity (Wildman–Crippen MR) is 69.8 cm³/mol. The van der Waals surface area contributed by atoms with Crippen LogP contribution >= 0.6 is 0 Å². The van der Waals surface area contributed by atoms with E-state index in [0.717, 1.165) is 29.1 Å². The van der Waals surface area contributed by atoms with Gasteiger partial charge in [-0.05, 0) is 32.3 Å². The predicted octanol–water partition coefficient (Wildman–Crippen LogP) is 3.29. The Morgan fingerprint density at radius 2 is 2.00 bits per heavy atom. The van der Waals surface area contributed by atoms with Gasteiger partial charge in [0.15, 0.2) is 0 Å². The monoisotopic (exact) mass is 229 g/mol. The van der Waals surface area contributed by atoms with Crippen LogP contribution in [0.1, 0.15) is 30.9 Å². The van der Waals surface area contributed by atoms with Gasteiger partial charge in [-0.1, -0.05) is 19.9 Å². The van der Waals surface area contributed by atoms with Crippen molar-refractivity contribution < 1.29 is 0 Å². The second-order valence-electron chi connectivity index (χ2n) is 4.95. The van der Waals surface area contributed by atoms with Gasteiger partial charge in [-0.25, -0.2) is 0 Å². The molecular weight excluding hydrogens is 210 g/mol. The highest BCUT2D eigenvalue weighted by molar-refractivity contribution is 5.67. The van der Waals surface area contributed by atoms with Crippen LogP contribution in [0.15, 0.2) is 18.3 Å². The molecule has 0 aliphatic rings. The smallest absolute Gasteiger partial charge is 0.0672 e. The molecule has 2 aromatic rings. The fraction of sp³-hybridized carbons (Fsp3) is 0.429. The summed E-state index contributed by atoms with van der Waals surface area (Å²) in [4.78, 5) is 4.52. The van der Waals surface area contributed by atoms with Gasteiger partial charge in [-0.15, -0.1) is 0 Å². The third-order valence-electron chi connectivity index (χ3n) is 2.86. The lowest BCUT2D eigenvalue weighted by Crippen LogP contribution is -1.97. The summed E-state index contributed by atoms with van der Waals surface area (Å²) in [7, 11) is 0. The van der Waals surface area contributed by atoms with E-state index in [1.807, 2.05) is 20.0 Å². The first-order chi connectivity index (χ1) is 8.08. The maximum atomic E-state index is 4.52. The highest BCUT2D eigenvalue weighted by atomic mass is 15.1. The Balaban J connectivity index is 2.30. The van der Waals surface area contributed by atoms with Crippen LogP contribution in [0.3, 0.4) is 0 Å². The van der Waals surface area contributed by atoms with Crippen molar-refractivity contribution in [3.8, 4) is 11.1 Å². The minimum Gasteiger partial charge on any atom is -0.282 e. The molecule has 0 atom stereocenters. The molecule has 0 fully saturated rings. The van der Waals surface area contributed by atoms with E-state index in [2.05, 4.69) is 41.2 Å². The molecule has 0 radical (unpaired) electrons. The summed E-state index contributed by atoms with van der Waals surface area (Å²) < 4.78 is 0. The zero-order valence-corrected chi connectivity index (χ0v) is 10.9. The van der Waals surface area contributed by atoms with Crippen LogP contribution in [0.2, 0.25) is 0 Å². The average Bonchev–Trinajstić information content (AvgIpc) is 2.59. The number of nitrogens with one attached hydrogen (secondary N) is 1. The molecule has 0 bridgehead atoms. The van der Waals surface area contributed by atoms with E-state index in [1.165, 1.54) is 5.56 Å². The lowest BCUT2D eigenvalue weighted by Gasteiger charge is -2.06. The molecule has 0 amide bonds. The third-order valence-corrected chi connectivity index (χ3v) is 2.86. The number of H-pyrrole nitrogens is 1. The van der Waals surface area contributed by atoms with Gasteiger partial charge in [0.2, 0.25) is 0 Å². The molecule has 3 heteroatoms. The van der Waals surface area contributed by atoms with E-state index < -0.39 is 0 Å². The first-order valence-corrected chi connectivity index (χ1v) is 6.04. The second-order valence-corrected chi connectivity index (χ2v) is 4.95. The quantitative estimate of drug-likeness (QED) is 0.877. The summed E-state index contributed by atoms with van der Waals surface area (Å²) in [6.45, 7) is 8.47. The van der Waals surface area contributed by atoms with Crippen molar-refractivity contribution in [3.05, 3.63) is 35.4 Å². The molecule has 0 aliphatic carbocycles. The van der Waals surface area contributed by atoms with Crippen molar-refractivity contribution in [2.45, 2.75) is 34.1 Å². The number of aryl methyl sites for hydroxylation is 2. The number of aromatic nitrogens is 3. The molecule has 0 aromatic carbocycles. The van der Waals surface area contributed by atoms with Crippen molar-refractivity contribution >= 4 is 0 Å². The van der Waals surface area contributed by atoms with Gasteiger partial charge in [-0.3, -0.25) is 10.1 Å². The molecule has 17 heavy (non-hydrogen) atoms. The molecule has 90 valence electrons. The minimum absolute atomic E-state index is 0.644. The van der Waals surface area contributed by atoms with Crippen molar-refractivity contribution in [3.63, 3.8) is 0 Å². The summed E-state index contributed by atoms with van der Waals surface area (Å²) in [5.74, 6) is 0.644. The summed E-state index contributed by atoms with van der Waals surface area (Å²) in [6.07, 6.45) is 2.98. The van der Waals surface area contributed by atoms with E-state index in [4.69, 9.17) is 0 Å². The molecule has 0 saturated heterocycles. The van der Waals surface area contributed by atoms with Gasteiger partial charge in [0.05, 0.1) is 5.69 Å². The van der Waals surface area contributed by atoms with Crippen LogP contribution in [-0.2, 0) is 6.42 Å². The van der Waals surface area contributed by atoms with E-state index in [1.54, 1.807) is 0 Å². The molecule has 0 aliphatic heterocycles. The van der Waals surface area contributed by atoms with Crippen molar-refractivity contribution in [2.75, 3.05) is 0 Å². The Labute approximate surface area is 102 Å². The summed E-state index contributed by atoms with van der Waals surface area (Å²) >= 11 is 0. The Hall–Kier alpha value is -1.64. The van der Waals surface area contributed by atoms with Crippen LogP contribution in [0.5, 0.6) is 0 Å². The lowest BCUT2D eigenvalue weighted by atomic mass is 10.0. The van der Waals surface area contributed by atoms with Crippen LogP contribution < -0.4 is 0 Å². The van der Waals surface area contributed by atoms with Crippen molar-refractivity contribution in [2.24, 2.45) is 5.92 Å². The first kappa shape index (κ1) is 11.8. The number of nitrogens with zero attached hydrogens (tertiary/aromatic N) is 2. The van der Waals surface area contributed by atoms with Crippen LogP contribution in [0.4, 0.5) is 0 Å². The van der Waals surface area contributed by atoms with Gasteiger partial charge in [0.1, 0.15) is 0 Å². The van der Waals surface area contributed by atoms with Gasteiger partial charge in [0, 0.05) is 28.7 Å². The Morgan fingerprint density at radius 1 is 1.24 bits per heavy atom. The van der Waals surface area contributed by atoms with E-state index in [9.17, 15) is 0 Å². The fourth-order valence-corrected chi connectivity index (χ4v) is 2.09. The minimum atomic E-state index is 0.644. The second kappa shape index (κ2) is 4.70. The standard InChI is InChI=1S/C14H19N3/c1-9(2)7-13-6-5-12(8-15-13)14-10(3)16-17-11(14)4/h5-6,8-9H,7H2,1-4H3,(H,16,17). The van der Waals surface area contributed by atoms with Gasteiger partial charge < -0.3 is 0 Å². The molecule has 2 heterocycles. The largest absolute Gasteiger partial charge is 0.282 e. The van der Waals surface area contributed by atoms with E-state index in [-0.39, 0.29) is 0 Å². The number of hydrogen-bond acceptors (Lipinski definition) is 2. The Bertz CT molecular complexity index is 475. The molecule has 2 aromatic heterocycles. The summed E-state index contributed by atoms with van der Waals surface area (Å²) in [5.41, 5.74) is 5.60. The van der Waals surface area contributed by atoms with E-state index in [0.29, 0.717) is 5.92 Å². The SMILES string of the molecule is Cc1n[nH]c(C)c1-c1ccc(CC(C)C)nc1. The van der Waals surface area contributed by atoms with Crippen molar-refractivity contribution in [1.82, 2.24) is 15.2 Å². The number of pyridine rings is 1. The van der Waals surface area contributed by atoms with Crippen molar-refractivity contribution in [1.29, 1.82) is 0 Å².